The lowest BCUT2D eigenvalue weighted by Gasteiger charge is -2.05. The number of H-pyrrole nitrogens is 1. The summed E-state index contributed by atoms with van der Waals surface area (Å²) in [6.07, 6.45) is 1.56. The summed E-state index contributed by atoms with van der Waals surface area (Å²) in [5.74, 6) is 1.53. The van der Waals surface area contributed by atoms with Gasteiger partial charge in [-0.2, -0.15) is 5.10 Å². The highest BCUT2D eigenvalue weighted by molar-refractivity contribution is 5.90. The van der Waals surface area contributed by atoms with Crippen molar-refractivity contribution in [3.63, 3.8) is 0 Å². The fraction of sp³-hybridized carbons (Fsp3) is 0.154. The molecular weight excluding hydrogens is 226 g/mol. The summed E-state index contributed by atoms with van der Waals surface area (Å²) in [5.41, 5.74) is 3.12. The van der Waals surface area contributed by atoms with E-state index in [4.69, 9.17) is 0 Å². The van der Waals surface area contributed by atoms with E-state index < -0.39 is 0 Å². The second-order valence-electron chi connectivity index (χ2n) is 4.30. The largest absolute Gasteiger partial charge is 0.323 e. The zero-order chi connectivity index (χ0) is 12.5. The second-order valence-corrected chi connectivity index (χ2v) is 4.30. The first-order valence-corrected chi connectivity index (χ1v) is 5.73. The molecule has 0 aliphatic carbocycles. The molecule has 0 aliphatic rings. The van der Waals surface area contributed by atoms with Crippen LogP contribution in [0.25, 0.3) is 10.9 Å². The van der Waals surface area contributed by atoms with Crippen LogP contribution in [0.2, 0.25) is 0 Å². The fourth-order valence-corrected chi connectivity index (χ4v) is 1.87. The molecule has 2 N–H and O–H groups in total. The fourth-order valence-electron chi connectivity index (χ4n) is 1.87. The third kappa shape index (κ3) is 1.90. The number of rotatable bonds is 2. The average Bonchev–Trinajstić information content (AvgIpc) is 2.75. The van der Waals surface area contributed by atoms with Gasteiger partial charge in [-0.15, -0.1) is 0 Å². The maximum atomic E-state index is 4.27. The first-order valence-electron chi connectivity index (χ1n) is 5.73. The van der Waals surface area contributed by atoms with Crippen molar-refractivity contribution in [2.24, 2.45) is 0 Å². The summed E-state index contributed by atoms with van der Waals surface area (Å²) >= 11 is 0. The van der Waals surface area contributed by atoms with Crippen LogP contribution in [0.3, 0.4) is 0 Å². The van der Waals surface area contributed by atoms with Crippen LogP contribution < -0.4 is 5.32 Å². The van der Waals surface area contributed by atoms with Gasteiger partial charge in [0.15, 0.2) is 5.82 Å². The van der Waals surface area contributed by atoms with Crippen LogP contribution in [0.1, 0.15) is 11.3 Å². The van der Waals surface area contributed by atoms with Gasteiger partial charge < -0.3 is 5.32 Å². The van der Waals surface area contributed by atoms with Crippen molar-refractivity contribution in [3.05, 3.63) is 41.9 Å². The molecule has 0 saturated carbocycles. The van der Waals surface area contributed by atoms with Crippen LogP contribution >= 0.6 is 0 Å². The van der Waals surface area contributed by atoms with E-state index in [2.05, 4.69) is 25.5 Å². The number of hydrogen-bond acceptors (Lipinski definition) is 4. The molecule has 5 heteroatoms. The van der Waals surface area contributed by atoms with E-state index in [1.165, 1.54) is 5.56 Å². The Kier molecular flexibility index (Phi) is 2.44. The number of anilines is 2. The third-order valence-corrected chi connectivity index (χ3v) is 2.74. The first-order chi connectivity index (χ1) is 8.72. The van der Waals surface area contributed by atoms with Crippen molar-refractivity contribution < 1.29 is 0 Å². The Hall–Kier alpha value is -2.43. The lowest BCUT2D eigenvalue weighted by molar-refractivity contribution is 1.05. The molecule has 0 bridgehead atoms. The molecule has 5 nitrogen and oxygen atoms in total. The maximum Gasteiger partial charge on any atom is 0.153 e. The molecule has 3 rings (SSSR count). The highest BCUT2D eigenvalue weighted by atomic mass is 15.2. The molecule has 0 unspecified atom stereocenters. The minimum absolute atomic E-state index is 0.757. The van der Waals surface area contributed by atoms with Crippen molar-refractivity contribution in [2.75, 3.05) is 5.32 Å². The van der Waals surface area contributed by atoms with Crippen LogP contribution in [0.5, 0.6) is 0 Å². The van der Waals surface area contributed by atoms with E-state index in [0.717, 1.165) is 28.2 Å². The van der Waals surface area contributed by atoms with E-state index >= 15 is 0 Å². The Morgan fingerprint density at radius 2 is 2.00 bits per heavy atom. The van der Waals surface area contributed by atoms with E-state index in [1.807, 2.05) is 38.1 Å². The molecule has 3 aromatic rings. The predicted octanol–water partition coefficient (Wildman–Crippen LogP) is 2.71. The van der Waals surface area contributed by atoms with Crippen LogP contribution in [0.4, 0.5) is 11.6 Å². The van der Waals surface area contributed by atoms with Crippen molar-refractivity contribution in [1.29, 1.82) is 0 Å². The Morgan fingerprint density at radius 1 is 1.11 bits per heavy atom. The normalized spacial score (nSPS) is 10.8. The van der Waals surface area contributed by atoms with Gasteiger partial charge in [0.1, 0.15) is 12.1 Å². The van der Waals surface area contributed by atoms with Gasteiger partial charge in [-0.25, -0.2) is 9.97 Å². The number of aryl methyl sites for hydroxylation is 2. The van der Waals surface area contributed by atoms with Gasteiger partial charge in [0.05, 0.1) is 5.52 Å². The summed E-state index contributed by atoms with van der Waals surface area (Å²) in [7, 11) is 0. The molecule has 2 aromatic heterocycles. The quantitative estimate of drug-likeness (QED) is 0.721. The minimum Gasteiger partial charge on any atom is -0.323 e. The average molecular weight is 239 g/mol. The summed E-state index contributed by atoms with van der Waals surface area (Å²) in [4.78, 5) is 8.54. The van der Waals surface area contributed by atoms with Crippen LogP contribution in [0.15, 0.2) is 30.6 Å². The molecule has 0 spiro atoms. The highest BCUT2D eigenvalue weighted by Gasteiger charge is 2.05. The Balaban J connectivity index is 2.06. The van der Waals surface area contributed by atoms with E-state index in [-0.39, 0.29) is 0 Å². The van der Waals surface area contributed by atoms with E-state index in [0.29, 0.717) is 0 Å². The molecule has 18 heavy (non-hydrogen) atoms. The molecule has 90 valence electrons. The van der Waals surface area contributed by atoms with E-state index in [1.54, 1.807) is 6.33 Å². The number of hydrogen-bond donors (Lipinski definition) is 2. The van der Waals surface area contributed by atoms with Crippen LogP contribution in [0, 0.1) is 13.8 Å². The van der Waals surface area contributed by atoms with Gasteiger partial charge in [0, 0.05) is 17.1 Å². The molecule has 2 heterocycles. The Bertz CT molecular complexity index is 701. The number of benzene rings is 1. The van der Waals surface area contributed by atoms with Crippen molar-refractivity contribution in [3.8, 4) is 0 Å². The van der Waals surface area contributed by atoms with Crippen LogP contribution in [-0.2, 0) is 0 Å². The van der Waals surface area contributed by atoms with Gasteiger partial charge in [0.2, 0.25) is 0 Å². The summed E-state index contributed by atoms with van der Waals surface area (Å²) < 4.78 is 0. The van der Waals surface area contributed by atoms with Gasteiger partial charge in [-0.1, -0.05) is 6.07 Å². The molecule has 1 aromatic carbocycles. The number of aromatic nitrogens is 4. The van der Waals surface area contributed by atoms with Gasteiger partial charge in [-0.05, 0) is 31.5 Å². The SMILES string of the molecule is Cc1ccc2c(Nc3cc(C)[nH]n3)ncnc2c1. The molecule has 0 amide bonds. The first kappa shape index (κ1) is 10.7. The second kappa shape index (κ2) is 4.10. The molecular formula is C13H13N5. The zero-order valence-electron chi connectivity index (χ0n) is 10.2. The zero-order valence-corrected chi connectivity index (χ0v) is 10.2. The van der Waals surface area contributed by atoms with Crippen LogP contribution in [-0.4, -0.2) is 20.2 Å². The number of fused-ring (bicyclic) bond motifs is 1. The molecule has 0 fully saturated rings. The van der Waals surface area contributed by atoms with Gasteiger partial charge in [-0.3, -0.25) is 5.10 Å². The topological polar surface area (TPSA) is 66.5 Å². The highest BCUT2D eigenvalue weighted by Crippen LogP contribution is 2.22. The van der Waals surface area contributed by atoms with E-state index in [9.17, 15) is 0 Å². The minimum atomic E-state index is 0.757. The smallest absolute Gasteiger partial charge is 0.153 e. The van der Waals surface area contributed by atoms with Gasteiger partial charge >= 0.3 is 0 Å². The van der Waals surface area contributed by atoms with Crippen molar-refractivity contribution >= 4 is 22.5 Å². The summed E-state index contributed by atoms with van der Waals surface area (Å²) in [6, 6.07) is 8.04. The monoisotopic (exact) mass is 239 g/mol. The number of aromatic amines is 1. The lowest BCUT2D eigenvalue weighted by Crippen LogP contribution is -1.96. The third-order valence-electron chi connectivity index (χ3n) is 2.74. The molecule has 0 aliphatic heterocycles. The molecule has 0 radical (unpaired) electrons. The number of nitrogens with zero attached hydrogens (tertiary/aromatic N) is 3. The standard InChI is InChI=1S/C13H13N5/c1-8-3-4-10-11(5-8)14-7-15-13(10)16-12-6-9(2)17-18-12/h3-7H,1-2H3,(H2,14,15,16,17,18). The van der Waals surface area contributed by atoms with Crippen molar-refractivity contribution in [1.82, 2.24) is 20.2 Å². The summed E-state index contributed by atoms with van der Waals surface area (Å²) in [6.45, 7) is 4.01. The lowest BCUT2D eigenvalue weighted by atomic mass is 10.1. The Morgan fingerprint density at radius 3 is 2.78 bits per heavy atom. The van der Waals surface area contributed by atoms with Crippen molar-refractivity contribution in [2.45, 2.75) is 13.8 Å². The number of nitrogens with one attached hydrogen (secondary N) is 2. The molecule has 0 saturated heterocycles. The predicted molar refractivity (Wildman–Crippen MR) is 70.9 cm³/mol. The Labute approximate surface area is 104 Å². The maximum absolute atomic E-state index is 4.27. The molecule has 0 atom stereocenters. The van der Waals surface area contributed by atoms with Gasteiger partial charge in [0.25, 0.3) is 0 Å². The summed E-state index contributed by atoms with van der Waals surface area (Å²) in [5, 5.41) is 11.2.